The summed E-state index contributed by atoms with van der Waals surface area (Å²) in [5.41, 5.74) is 2.61. The van der Waals surface area contributed by atoms with E-state index in [0.717, 1.165) is 41.7 Å². The fraction of sp³-hybridized carbons (Fsp3) is 0.222. The van der Waals surface area contributed by atoms with E-state index in [0.29, 0.717) is 28.1 Å². The monoisotopic (exact) mass is 474 g/mol. The van der Waals surface area contributed by atoms with Gasteiger partial charge in [0.2, 0.25) is 0 Å². The number of thioether (sulfide) groups is 1. The number of benzene rings is 3. The van der Waals surface area contributed by atoms with Crippen LogP contribution < -0.4 is 0 Å². The molecule has 0 spiro atoms. The average molecular weight is 475 g/mol. The number of carbonyl (C=O) groups is 2. The van der Waals surface area contributed by atoms with Crippen molar-refractivity contribution in [3.63, 3.8) is 0 Å². The Morgan fingerprint density at radius 1 is 0.912 bits per heavy atom. The molecule has 4 aromatic rings. The molecule has 0 saturated carbocycles. The highest BCUT2D eigenvalue weighted by Gasteiger charge is 2.16. The molecule has 7 heteroatoms. The molecule has 34 heavy (non-hydrogen) atoms. The van der Waals surface area contributed by atoms with E-state index in [2.05, 4.69) is 16.5 Å². The van der Waals surface area contributed by atoms with Crippen LogP contribution in [0.4, 0.5) is 0 Å². The van der Waals surface area contributed by atoms with Gasteiger partial charge in [-0.2, -0.15) is 0 Å². The van der Waals surface area contributed by atoms with Crippen molar-refractivity contribution < 1.29 is 19.8 Å². The Morgan fingerprint density at radius 3 is 2.35 bits per heavy atom. The van der Waals surface area contributed by atoms with Crippen molar-refractivity contribution in [1.29, 1.82) is 0 Å². The standard InChI is InChI=1S/C27H26N2O4S/c1-2-3-12-25-28-15-19(17-34-24-11-7-6-10-23(24)27(32)33)29(25)16-18-13-14-22(26(30)31)21-9-5-4-8-20(18)21/h4-11,13-15H,2-3,12,16-17H2,1H3,(H,30,31)(H,32,33). The molecule has 0 unspecified atom stereocenters. The molecule has 0 fully saturated rings. The zero-order valence-electron chi connectivity index (χ0n) is 18.9. The first kappa shape index (κ1) is 23.6. The Morgan fingerprint density at radius 2 is 1.62 bits per heavy atom. The van der Waals surface area contributed by atoms with Crippen molar-refractivity contribution >= 4 is 34.5 Å². The van der Waals surface area contributed by atoms with Gasteiger partial charge in [-0.3, -0.25) is 0 Å². The number of hydrogen-bond acceptors (Lipinski definition) is 4. The third-order valence-corrected chi connectivity index (χ3v) is 6.95. The summed E-state index contributed by atoms with van der Waals surface area (Å²) in [6.07, 6.45) is 4.79. The number of imidazole rings is 1. The van der Waals surface area contributed by atoms with Gasteiger partial charge in [-0.1, -0.05) is 55.8 Å². The average Bonchev–Trinajstić information content (AvgIpc) is 3.22. The molecule has 174 valence electrons. The highest BCUT2D eigenvalue weighted by Crippen LogP contribution is 2.29. The largest absolute Gasteiger partial charge is 0.478 e. The number of carboxylic acids is 2. The Labute approximate surface area is 202 Å². The maximum Gasteiger partial charge on any atom is 0.336 e. The van der Waals surface area contributed by atoms with Crippen molar-refractivity contribution in [2.45, 2.75) is 43.4 Å². The molecular formula is C27H26N2O4S. The molecule has 0 aliphatic carbocycles. The molecule has 0 amide bonds. The number of rotatable bonds is 10. The van der Waals surface area contributed by atoms with Crippen molar-refractivity contribution in [3.8, 4) is 0 Å². The molecule has 3 aromatic carbocycles. The summed E-state index contributed by atoms with van der Waals surface area (Å²) >= 11 is 1.48. The molecule has 6 nitrogen and oxygen atoms in total. The van der Waals surface area contributed by atoms with Gasteiger partial charge in [0, 0.05) is 35.5 Å². The molecule has 0 saturated heterocycles. The number of aryl methyl sites for hydroxylation is 1. The molecule has 4 rings (SSSR count). The topological polar surface area (TPSA) is 92.4 Å². The van der Waals surface area contributed by atoms with Crippen LogP contribution in [0.2, 0.25) is 0 Å². The van der Waals surface area contributed by atoms with Crippen LogP contribution in [0.15, 0.2) is 71.8 Å². The SMILES string of the molecule is CCCCc1ncc(CSc2ccccc2C(=O)O)n1Cc1ccc(C(=O)O)c2ccccc12. The van der Waals surface area contributed by atoms with Crippen LogP contribution in [0.5, 0.6) is 0 Å². The number of hydrogen-bond donors (Lipinski definition) is 2. The number of aromatic nitrogens is 2. The van der Waals surface area contributed by atoms with Crippen LogP contribution in [-0.2, 0) is 18.7 Å². The maximum absolute atomic E-state index is 11.7. The van der Waals surface area contributed by atoms with Gasteiger partial charge in [0.05, 0.1) is 11.1 Å². The zero-order valence-corrected chi connectivity index (χ0v) is 19.7. The summed E-state index contributed by atoms with van der Waals surface area (Å²) in [5.74, 6) is -0.321. The maximum atomic E-state index is 11.7. The summed E-state index contributed by atoms with van der Waals surface area (Å²) < 4.78 is 2.19. The van der Waals surface area contributed by atoms with Crippen LogP contribution in [0.1, 0.15) is 57.6 Å². The van der Waals surface area contributed by atoms with Crippen LogP contribution >= 0.6 is 11.8 Å². The lowest BCUT2D eigenvalue weighted by Gasteiger charge is -2.15. The molecule has 1 heterocycles. The van der Waals surface area contributed by atoms with Gasteiger partial charge in [0.1, 0.15) is 5.82 Å². The number of aromatic carboxylic acids is 2. The number of carboxylic acid groups (broad SMARTS) is 2. The van der Waals surface area contributed by atoms with E-state index < -0.39 is 11.9 Å². The molecule has 1 aromatic heterocycles. The quantitative estimate of drug-likeness (QED) is 0.269. The van der Waals surface area contributed by atoms with Crippen LogP contribution in [0.25, 0.3) is 10.8 Å². The molecule has 0 bridgehead atoms. The van der Waals surface area contributed by atoms with E-state index in [1.807, 2.05) is 48.7 Å². The Balaban J connectivity index is 1.69. The second-order valence-electron chi connectivity index (χ2n) is 8.07. The summed E-state index contributed by atoms with van der Waals surface area (Å²) in [6.45, 7) is 2.71. The Bertz CT molecular complexity index is 1350. The van der Waals surface area contributed by atoms with Crippen molar-refractivity contribution in [2.24, 2.45) is 0 Å². The van der Waals surface area contributed by atoms with Crippen LogP contribution in [0, 0.1) is 0 Å². The van der Waals surface area contributed by atoms with Gasteiger partial charge in [-0.15, -0.1) is 11.8 Å². The van der Waals surface area contributed by atoms with E-state index in [9.17, 15) is 19.8 Å². The highest BCUT2D eigenvalue weighted by molar-refractivity contribution is 7.98. The third-order valence-electron chi connectivity index (χ3n) is 5.84. The van der Waals surface area contributed by atoms with E-state index >= 15 is 0 Å². The van der Waals surface area contributed by atoms with E-state index in [1.165, 1.54) is 11.8 Å². The normalized spacial score (nSPS) is 11.1. The molecule has 0 radical (unpaired) electrons. The van der Waals surface area contributed by atoms with Gasteiger partial charge in [0.25, 0.3) is 0 Å². The van der Waals surface area contributed by atoms with E-state index in [-0.39, 0.29) is 5.56 Å². The summed E-state index contributed by atoms with van der Waals surface area (Å²) in [6, 6.07) is 18.1. The molecule has 0 aliphatic heterocycles. The first-order valence-electron chi connectivity index (χ1n) is 11.2. The molecule has 0 atom stereocenters. The zero-order chi connectivity index (χ0) is 24.1. The third kappa shape index (κ3) is 4.99. The first-order valence-corrected chi connectivity index (χ1v) is 12.2. The lowest BCUT2D eigenvalue weighted by molar-refractivity contribution is 0.0685. The second kappa shape index (κ2) is 10.6. The van der Waals surface area contributed by atoms with Crippen molar-refractivity contribution in [2.75, 3.05) is 0 Å². The lowest BCUT2D eigenvalue weighted by Crippen LogP contribution is -2.10. The highest BCUT2D eigenvalue weighted by atomic mass is 32.2. The van der Waals surface area contributed by atoms with Gasteiger partial charge in [-0.05, 0) is 41.0 Å². The van der Waals surface area contributed by atoms with Crippen LogP contribution in [-0.4, -0.2) is 31.7 Å². The second-order valence-corrected chi connectivity index (χ2v) is 9.09. The Hall–Kier alpha value is -3.58. The van der Waals surface area contributed by atoms with E-state index in [1.54, 1.807) is 18.2 Å². The minimum absolute atomic E-state index is 0.289. The minimum Gasteiger partial charge on any atom is -0.478 e. The minimum atomic E-state index is -0.941. The van der Waals surface area contributed by atoms with Gasteiger partial charge in [-0.25, -0.2) is 14.6 Å². The predicted molar refractivity (Wildman–Crippen MR) is 134 cm³/mol. The summed E-state index contributed by atoms with van der Waals surface area (Å²) in [7, 11) is 0. The lowest BCUT2D eigenvalue weighted by atomic mass is 9.99. The number of unbranched alkanes of at least 4 members (excludes halogenated alkanes) is 1. The van der Waals surface area contributed by atoms with Crippen molar-refractivity contribution in [1.82, 2.24) is 9.55 Å². The fourth-order valence-corrected chi connectivity index (χ4v) is 5.09. The first-order chi connectivity index (χ1) is 16.5. The number of nitrogens with zero attached hydrogens (tertiary/aromatic N) is 2. The van der Waals surface area contributed by atoms with E-state index in [4.69, 9.17) is 0 Å². The van der Waals surface area contributed by atoms with Gasteiger partial charge < -0.3 is 14.8 Å². The summed E-state index contributed by atoms with van der Waals surface area (Å²) in [5, 5.41) is 20.7. The van der Waals surface area contributed by atoms with Crippen molar-refractivity contribution in [3.05, 3.63) is 95.1 Å². The molecule has 0 aliphatic rings. The van der Waals surface area contributed by atoms with Crippen LogP contribution in [0.3, 0.4) is 0 Å². The summed E-state index contributed by atoms with van der Waals surface area (Å²) in [4.78, 5) is 28.7. The van der Waals surface area contributed by atoms with Gasteiger partial charge >= 0.3 is 11.9 Å². The Kier molecular flexibility index (Phi) is 7.33. The molecule has 2 N–H and O–H groups in total. The number of fused-ring (bicyclic) bond motifs is 1. The predicted octanol–water partition coefficient (Wildman–Crippen LogP) is 6.12. The fourth-order valence-electron chi connectivity index (χ4n) is 4.07. The molecular weight excluding hydrogens is 448 g/mol. The smallest absolute Gasteiger partial charge is 0.336 e. The van der Waals surface area contributed by atoms with Gasteiger partial charge in [0.15, 0.2) is 0 Å².